The molecule has 208 valence electrons. The van der Waals surface area contributed by atoms with E-state index in [1.165, 1.54) is 12.1 Å². The number of nitro groups is 1. The fraction of sp³-hybridized carbons (Fsp3) is 0.100. The van der Waals surface area contributed by atoms with E-state index >= 15 is 0 Å². The number of anilines is 1. The summed E-state index contributed by atoms with van der Waals surface area (Å²) in [5.74, 6) is 0.500. The van der Waals surface area contributed by atoms with E-state index in [0.717, 1.165) is 39.8 Å². The third-order valence-electron chi connectivity index (χ3n) is 6.55. The summed E-state index contributed by atoms with van der Waals surface area (Å²) in [6.07, 6.45) is 3.37. The molecule has 1 heterocycles. The molecule has 0 radical (unpaired) electrons. The SMILES string of the molecule is CS(=O)(=O)Nc1cccc(-c2ccc(C(Cc3ccc([N+](=O)[O-])cc3)c3ncc(-c4ccc(Cl)cc4Cl)[nH]3)cc2)c1. The van der Waals surface area contributed by atoms with Crippen molar-refractivity contribution >= 4 is 44.6 Å². The first kappa shape index (κ1) is 28.4. The molecule has 0 aliphatic carbocycles. The number of H-pyrrole nitrogens is 1. The molecule has 11 heteroatoms. The number of hydrogen-bond donors (Lipinski definition) is 2. The second-order valence-corrected chi connectivity index (χ2v) is 12.2. The lowest BCUT2D eigenvalue weighted by Crippen LogP contribution is -2.09. The molecule has 0 aliphatic heterocycles. The fourth-order valence-corrected chi connectivity index (χ4v) is 5.67. The Kier molecular flexibility index (Phi) is 8.12. The molecule has 41 heavy (non-hydrogen) atoms. The third kappa shape index (κ3) is 6.94. The van der Waals surface area contributed by atoms with Crippen LogP contribution in [0.25, 0.3) is 22.4 Å². The van der Waals surface area contributed by atoms with E-state index in [4.69, 9.17) is 23.2 Å². The van der Waals surface area contributed by atoms with Crippen LogP contribution < -0.4 is 4.72 Å². The number of benzene rings is 4. The minimum absolute atomic E-state index is 0.0277. The molecule has 1 atom stereocenters. The molecule has 0 amide bonds. The Bertz CT molecular complexity index is 1820. The summed E-state index contributed by atoms with van der Waals surface area (Å²) in [4.78, 5) is 18.8. The molecule has 0 spiro atoms. The molecule has 2 N–H and O–H groups in total. The number of nitrogens with one attached hydrogen (secondary N) is 2. The van der Waals surface area contributed by atoms with E-state index in [2.05, 4.69) is 14.7 Å². The van der Waals surface area contributed by atoms with Gasteiger partial charge in [-0.25, -0.2) is 13.4 Å². The highest BCUT2D eigenvalue weighted by Gasteiger charge is 2.20. The summed E-state index contributed by atoms with van der Waals surface area (Å²) >= 11 is 12.5. The number of nitrogens with zero attached hydrogens (tertiary/aromatic N) is 2. The average molecular weight is 608 g/mol. The Morgan fingerprint density at radius 2 is 1.68 bits per heavy atom. The summed E-state index contributed by atoms with van der Waals surface area (Å²) < 4.78 is 25.8. The number of hydrogen-bond acceptors (Lipinski definition) is 5. The van der Waals surface area contributed by atoms with Crippen molar-refractivity contribution in [2.45, 2.75) is 12.3 Å². The maximum Gasteiger partial charge on any atom is 0.269 e. The van der Waals surface area contributed by atoms with Crippen LogP contribution in [0.5, 0.6) is 0 Å². The molecule has 1 unspecified atom stereocenters. The lowest BCUT2D eigenvalue weighted by Gasteiger charge is -2.17. The predicted octanol–water partition coefficient (Wildman–Crippen LogP) is 7.70. The van der Waals surface area contributed by atoms with Gasteiger partial charge in [0.1, 0.15) is 5.82 Å². The number of nitro benzene ring substituents is 1. The van der Waals surface area contributed by atoms with Gasteiger partial charge in [-0.15, -0.1) is 0 Å². The number of rotatable bonds is 9. The maximum absolute atomic E-state index is 11.7. The van der Waals surface area contributed by atoms with E-state index in [-0.39, 0.29) is 11.6 Å². The molecule has 1 aromatic heterocycles. The molecule has 0 saturated carbocycles. The van der Waals surface area contributed by atoms with E-state index in [0.29, 0.717) is 28.0 Å². The molecular weight excluding hydrogens is 583 g/mol. The summed E-state index contributed by atoms with van der Waals surface area (Å²) in [5.41, 5.74) is 5.66. The lowest BCUT2D eigenvalue weighted by atomic mass is 9.90. The first-order valence-corrected chi connectivity index (χ1v) is 15.1. The van der Waals surface area contributed by atoms with Gasteiger partial charge in [0.2, 0.25) is 10.0 Å². The molecule has 0 aliphatic rings. The van der Waals surface area contributed by atoms with E-state index in [9.17, 15) is 18.5 Å². The summed E-state index contributed by atoms with van der Waals surface area (Å²) in [7, 11) is -3.40. The molecule has 8 nitrogen and oxygen atoms in total. The molecule has 0 bridgehead atoms. The van der Waals surface area contributed by atoms with E-state index < -0.39 is 14.9 Å². The van der Waals surface area contributed by atoms with Crippen LogP contribution in [0.4, 0.5) is 11.4 Å². The van der Waals surface area contributed by atoms with Gasteiger partial charge in [0, 0.05) is 34.3 Å². The number of aromatic nitrogens is 2. The number of imidazole rings is 1. The third-order valence-corrected chi connectivity index (χ3v) is 7.70. The highest BCUT2D eigenvalue weighted by Crippen LogP contribution is 2.34. The number of non-ortho nitro benzene ring substituents is 1. The molecule has 0 saturated heterocycles. The molecule has 5 aromatic rings. The highest BCUT2D eigenvalue weighted by molar-refractivity contribution is 7.92. The second kappa shape index (κ2) is 11.7. The van der Waals surface area contributed by atoms with Crippen molar-refractivity contribution in [3.63, 3.8) is 0 Å². The van der Waals surface area contributed by atoms with E-state index in [1.807, 2.05) is 36.4 Å². The summed E-state index contributed by atoms with van der Waals surface area (Å²) in [6, 6.07) is 26.9. The average Bonchev–Trinajstić information content (AvgIpc) is 3.41. The Morgan fingerprint density at radius 1 is 0.951 bits per heavy atom. The van der Waals surface area contributed by atoms with Crippen LogP contribution in [0.3, 0.4) is 0 Å². The predicted molar refractivity (Wildman–Crippen MR) is 163 cm³/mol. The van der Waals surface area contributed by atoms with Gasteiger partial charge in [0.05, 0.1) is 28.1 Å². The van der Waals surface area contributed by atoms with Crippen LogP contribution >= 0.6 is 23.2 Å². The highest BCUT2D eigenvalue weighted by atomic mass is 35.5. The van der Waals surface area contributed by atoms with Crippen molar-refractivity contribution < 1.29 is 13.3 Å². The minimum Gasteiger partial charge on any atom is -0.341 e. The molecule has 4 aromatic carbocycles. The van der Waals surface area contributed by atoms with Crippen LogP contribution in [0.2, 0.25) is 10.0 Å². The molecular formula is C30H24Cl2N4O4S. The maximum atomic E-state index is 11.7. The van der Waals surface area contributed by atoms with Crippen LogP contribution in [-0.2, 0) is 16.4 Å². The Hall–Kier alpha value is -4.18. The van der Waals surface area contributed by atoms with Crippen LogP contribution in [0.1, 0.15) is 22.9 Å². The normalized spacial score (nSPS) is 12.2. The standard InChI is InChI=1S/C30H24Cl2N4O4S/c1-41(39,40)35-24-4-2-3-22(16-24)20-7-9-21(10-8-20)27(15-19-5-12-25(13-6-19)36(37)38)30-33-18-29(34-30)26-14-11-23(31)17-28(26)32/h2-14,16-18,27,35H,15H2,1H3,(H,33,34). The Balaban J connectivity index is 1.49. The van der Waals surface area contributed by atoms with Crippen molar-refractivity contribution in [1.82, 2.24) is 9.97 Å². The van der Waals surface area contributed by atoms with Crippen molar-refractivity contribution in [3.8, 4) is 22.4 Å². The quantitative estimate of drug-likeness (QED) is 0.132. The number of aromatic amines is 1. The zero-order valence-corrected chi connectivity index (χ0v) is 24.0. The van der Waals surface area contributed by atoms with Gasteiger partial charge < -0.3 is 4.98 Å². The van der Waals surface area contributed by atoms with Crippen molar-refractivity contribution in [2.75, 3.05) is 11.0 Å². The molecule has 0 fully saturated rings. The van der Waals surface area contributed by atoms with E-state index in [1.54, 1.807) is 48.7 Å². The number of halogens is 2. The van der Waals surface area contributed by atoms with Gasteiger partial charge >= 0.3 is 0 Å². The topological polar surface area (TPSA) is 118 Å². The summed E-state index contributed by atoms with van der Waals surface area (Å²) in [6.45, 7) is 0. The second-order valence-electron chi connectivity index (χ2n) is 9.56. The van der Waals surface area contributed by atoms with Crippen molar-refractivity contribution in [2.24, 2.45) is 0 Å². The van der Waals surface area contributed by atoms with Gasteiger partial charge in [-0.1, -0.05) is 71.7 Å². The smallest absolute Gasteiger partial charge is 0.269 e. The zero-order valence-electron chi connectivity index (χ0n) is 21.7. The van der Waals surface area contributed by atoms with Crippen LogP contribution in [-0.4, -0.2) is 29.6 Å². The van der Waals surface area contributed by atoms with Gasteiger partial charge in [0.25, 0.3) is 5.69 Å². The molecule has 5 rings (SSSR count). The Labute approximate surface area is 247 Å². The first-order valence-electron chi connectivity index (χ1n) is 12.5. The van der Waals surface area contributed by atoms with Crippen LogP contribution in [0.15, 0.2) is 97.2 Å². The van der Waals surface area contributed by atoms with Gasteiger partial charge in [-0.3, -0.25) is 14.8 Å². The van der Waals surface area contributed by atoms with Crippen LogP contribution in [0, 0.1) is 10.1 Å². The number of sulfonamides is 1. The van der Waals surface area contributed by atoms with Crippen molar-refractivity contribution in [3.05, 3.63) is 134 Å². The zero-order chi connectivity index (χ0) is 29.1. The summed E-state index contributed by atoms with van der Waals surface area (Å²) in [5, 5.41) is 12.2. The fourth-order valence-electron chi connectivity index (χ4n) is 4.60. The Morgan fingerprint density at radius 3 is 2.34 bits per heavy atom. The first-order chi connectivity index (χ1) is 19.6. The lowest BCUT2D eigenvalue weighted by molar-refractivity contribution is -0.384. The largest absolute Gasteiger partial charge is 0.341 e. The monoisotopic (exact) mass is 606 g/mol. The van der Waals surface area contributed by atoms with Gasteiger partial charge in [-0.05, 0) is 59.0 Å². The minimum atomic E-state index is -3.40. The van der Waals surface area contributed by atoms with Gasteiger partial charge in [0.15, 0.2) is 0 Å². The van der Waals surface area contributed by atoms with Gasteiger partial charge in [-0.2, -0.15) is 0 Å². The van der Waals surface area contributed by atoms with Crippen molar-refractivity contribution in [1.29, 1.82) is 0 Å².